The van der Waals surface area contributed by atoms with Gasteiger partial charge in [0.25, 0.3) is 0 Å². The van der Waals surface area contributed by atoms with Gasteiger partial charge in [0.2, 0.25) is 0 Å². The summed E-state index contributed by atoms with van der Waals surface area (Å²) in [5.74, 6) is 0. The monoisotopic (exact) mass is 209 g/mol. The molecule has 1 aliphatic carbocycles. The van der Waals surface area contributed by atoms with Gasteiger partial charge in [-0.3, -0.25) is 4.99 Å². The number of alkyl halides is 1. The summed E-state index contributed by atoms with van der Waals surface area (Å²) in [6.07, 6.45) is 12.4. The van der Waals surface area contributed by atoms with Crippen molar-refractivity contribution in [1.82, 2.24) is 0 Å². The maximum Gasteiger partial charge on any atom is 0.0927 e. The predicted molar refractivity (Wildman–Crippen MR) is 51.4 cm³/mol. The Balaban J connectivity index is 2.31. The lowest BCUT2D eigenvalue weighted by atomic mass is 10.00. The van der Waals surface area contributed by atoms with Crippen LogP contribution in [-0.4, -0.2) is 17.1 Å². The van der Waals surface area contributed by atoms with Crippen molar-refractivity contribution in [2.45, 2.75) is 10.9 Å². The number of hydrogen-bond acceptors (Lipinski definition) is 1. The third kappa shape index (κ3) is 1.36. The van der Waals surface area contributed by atoms with Crippen LogP contribution in [-0.2, 0) is 0 Å². The van der Waals surface area contributed by atoms with Crippen molar-refractivity contribution in [3.8, 4) is 0 Å². The molecule has 1 nitrogen and oxygen atoms in total. The summed E-state index contributed by atoms with van der Waals surface area (Å²) in [5, 5.41) is 0. The van der Waals surface area contributed by atoms with Gasteiger partial charge in [-0.2, -0.15) is 0 Å². The molecule has 2 unspecified atom stereocenters. The molecule has 0 radical (unpaired) electrons. The van der Waals surface area contributed by atoms with Crippen molar-refractivity contribution >= 4 is 22.1 Å². The Labute approximate surface area is 74.3 Å². The van der Waals surface area contributed by atoms with Crippen LogP contribution in [0.5, 0.6) is 0 Å². The van der Waals surface area contributed by atoms with E-state index in [1.54, 1.807) is 0 Å². The summed E-state index contributed by atoms with van der Waals surface area (Å²) < 4.78 is 0. The number of halogens is 1. The molecule has 0 aromatic heterocycles. The first-order chi connectivity index (χ1) is 5.36. The van der Waals surface area contributed by atoms with E-state index in [1.807, 2.05) is 18.4 Å². The van der Waals surface area contributed by atoms with Crippen molar-refractivity contribution in [2.24, 2.45) is 4.99 Å². The molecule has 56 valence electrons. The highest BCUT2D eigenvalue weighted by Gasteiger charge is 2.14. The maximum atomic E-state index is 4.35. The van der Waals surface area contributed by atoms with Gasteiger partial charge in [0.1, 0.15) is 0 Å². The normalized spacial score (nSPS) is 33.4. The van der Waals surface area contributed by atoms with Crippen molar-refractivity contribution in [2.75, 3.05) is 0 Å². The zero-order valence-electron chi connectivity index (χ0n) is 5.94. The first-order valence-corrected chi connectivity index (χ1v) is 4.52. The highest BCUT2D eigenvalue weighted by molar-refractivity contribution is 9.10. The minimum absolute atomic E-state index is 0.272. The fourth-order valence-corrected chi connectivity index (χ4v) is 1.68. The maximum absolute atomic E-state index is 4.35. The van der Waals surface area contributed by atoms with Gasteiger partial charge in [-0.25, -0.2) is 0 Å². The van der Waals surface area contributed by atoms with Gasteiger partial charge in [-0.15, -0.1) is 0 Å². The van der Waals surface area contributed by atoms with Crippen molar-refractivity contribution in [3.05, 3.63) is 36.0 Å². The summed E-state index contributed by atoms with van der Waals surface area (Å²) in [6, 6.07) is 0.272. The average molecular weight is 210 g/mol. The summed E-state index contributed by atoms with van der Waals surface area (Å²) in [6.45, 7) is 0. The van der Waals surface area contributed by atoms with Gasteiger partial charge < -0.3 is 0 Å². The molecular formula is C9H8BrN. The Kier molecular flexibility index (Phi) is 1.78. The van der Waals surface area contributed by atoms with E-state index in [-0.39, 0.29) is 6.04 Å². The van der Waals surface area contributed by atoms with E-state index in [9.17, 15) is 0 Å². The lowest BCUT2D eigenvalue weighted by Crippen LogP contribution is -2.14. The number of dihydropyridines is 1. The molecule has 0 N–H and O–H groups in total. The molecule has 0 spiro atoms. The van der Waals surface area contributed by atoms with Crippen molar-refractivity contribution < 1.29 is 0 Å². The molecule has 1 aliphatic heterocycles. The van der Waals surface area contributed by atoms with E-state index in [4.69, 9.17) is 0 Å². The van der Waals surface area contributed by atoms with Gasteiger partial charge in [-0.1, -0.05) is 46.3 Å². The average Bonchev–Trinajstić information content (AvgIpc) is 2.04. The van der Waals surface area contributed by atoms with Crippen molar-refractivity contribution in [3.63, 3.8) is 0 Å². The van der Waals surface area contributed by atoms with Crippen LogP contribution in [0.4, 0.5) is 0 Å². The zero-order valence-corrected chi connectivity index (χ0v) is 7.53. The Morgan fingerprint density at radius 2 is 2.27 bits per heavy atom. The second-order valence-electron chi connectivity index (χ2n) is 2.60. The lowest BCUT2D eigenvalue weighted by Gasteiger charge is -2.17. The smallest absolute Gasteiger partial charge is 0.0927 e. The second-order valence-corrected chi connectivity index (χ2v) is 3.66. The fraction of sp³-hybridized carbons (Fsp3) is 0.222. The van der Waals surface area contributed by atoms with E-state index < -0.39 is 0 Å². The summed E-state index contributed by atoms with van der Waals surface area (Å²) in [7, 11) is 0. The van der Waals surface area contributed by atoms with E-state index in [0.29, 0.717) is 4.83 Å². The van der Waals surface area contributed by atoms with E-state index >= 15 is 0 Å². The number of fused-ring (bicyclic) bond motifs is 1. The van der Waals surface area contributed by atoms with Crippen LogP contribution in [0, 0.1) is 0 Å². The summed E-state index contributed by atoms with van der Waals surface area (Å²) in [4.78, 5) is 4.66. The van der Waals surface area contributed by atoms with Crippen LogP contribution in [0.15, 0.2) is 40.9 Å². The first kappa shape index (κ1) is 7.04. The zero-order chi connectivity index (χ0) is 7.68. The van der Waals surface area contributed by atoms with Gasteiger partial charge in [0, 0.05) is 6.21 Å². The number of hydrogen-bond donors (Lipinski definition) is 0. The van der Waals surface area contributed by atoms with Crippen LogP contribution in [0.3, 0.4) is 0 Å². The Morgan fingerprint density at radius 1 is 1.36 bits per heavy atom. The number of allylic oxidation sites excluding steroid dienone is 3. The molecule has 11 heavy (non-hydrogen) atoms. The lowest BCUT2D eigenvalue weighted by molar-refractivity contribution is 0.952. The second kappa shape index (κ2) is 2.78. The third-order valence-electron chi connectivity index (χ3n) is 1.78. The topological polar surface area (TPSA) is 12.4 Å². The molecule has 0 aromatic rings. The molecule has 2 atom stereocenters. The minimum atomic E-state index is 0.272. The van der Waals surface area contributed by atoms with Crippen LogP contribution in [0.2, 0.25) is 0 Å². The van der Waals surface area contributed by atoms with E-state index in [2.05, 4.69) is 39.2 Å². The van der Waals surface area contributed by atoms with Gasteiger partial charge in [0.05, 0.1) is 10.9 Å². The van der Waals surface area contributed by atoms with E-state index in [0.717, 1.165) is 0 Å². The highest BCUT2D eigenvalue weighted by atomic mass is 79.9. The molecule has 0 bridgehead atoms. The van der Waals surface area contributed by atoms with Crippen LogP contribution in [0.1, 0.15) is 0 Å². The number of nitrogens with zero attached hydrogens (tertiary/aromatic N) is 1. The van der Waals surface area contributed by atoms with E-state index in [1.165, 1.54) is 5.57 Å². The Bertz CT molecular complexity index is 273. The highest BCUT2D eigenvalue weighted by Crippen LogP contribution is 2.20. The van der Waals surface area contributed by atoms with Gasteiger partial charge >= 0.3 is 0 Å². The summed E-state index contributed by atoms with van der Waals surface area (Å²) in [5.41, 5.74) is 1.29. The minimum Gasteiger partial charge on any atom is -0.284 e. The molecule has 0 aromatic carbocycles. The number of aliphatic imine (C=N–C) groups is 1. The summed E-state index contributed by atoms with van der Waals surface area (Å²) >= 11 is 3.47. The Hall–Kier alpha value is -0.630. The van der Waals surface area contributed by atoms with Gasteiger partial charge in [0.15, 0.2) is 0 Å². The van der Waals surface area contributed by atoms with Crippen LogP contribution < -0.4 is 0 Å². The molecule has 2 heteroatoms. The van der Waals surface area contributed by atoms with Crippen molar-refractivity contribution in [1.29, 1.82) is 0 Å². The fourth-order valence-electron chi connectivity index (χ4n) is 1.24. The quantitative estimate of drug-likeness (QED) is 0.544. The molecule has 2 rings (SSSR count). The molecule has 1 heterocycles. The molecule has 0 fully saturated rings. The molecule has 0 amide bonds. The number of rotatable bonds is 0. The third-order valence-corrected chi connectivity index (χ3v) is 2.28. The first-order valence-electron chi connectivity index (χ1n) is 3.60. The van der Waals surface area contributed by atoms with Crippen LogP contribution in [0.25, 0.3) is 0 Å². The SMILES string of the molecule is BrC1C=NC2C=CC=CC2=C1. The Morgan fingerprint density at radius 3 is 3.18 bits per heavy atom. The molecule has 2 aliphatic rings. The van der Waals surface area contributed by atoms with Gasteiger partial charge in [-0.05, 0) is 5.57 Å². The van der Waals surface area contributed by atoms with Crippen LogP contribution >= 0.6 is 15.9 Å². The molecule has 0 saturated carbocycles. The standard InChI is InChI=1S/C9H8BrN/c10-8-5-7-3-1-2-4-9(7)11-6-8/h1-6,8-9H. The molecular weight excluding hydrogens is 202 g/mol. The molecule has 0 saturated heterocycles. The largest absolute Gasteiger partial charge is 0.284 e. The predicted octanol–water partition coefficient (Wildman–Crippen LogP) is 2.26.